The normalized spacial score (nSPS) is 9.89. The van der Waals surface area contributed by atoms with Crippen LogP contribution < -0.4 is 10.5 Å². The van der Waals surface area contributed by atoms with E-state index in [9.17, 15) is 9.59 Å². The minimum atomic E-state index is -1.17. The Hall–Kier alpha value is -2.89. The first kappa shape index (κ1) is 12.6. The number of carboxylic acids is 1. The third-order valence-corrected chi connectivity index (χ3v) is 2.36. The molecule has 0 bridgehead atoms. The average molecular weight is 258 g/mol. The highest BCUT2D eigenvalue weighted by Gasteiger charge is 2.15. The quantitative estimate of drug-likeness (QED) is 0.868. The van der Waals surface area contributed by atoms with Crippen molar-refractivity contribution in [2.24, 2.45) is 5.73 Å². The lowest BCUT2D eigenvalue weighted by Crippen LogP contribution is -2.12. The molecule has 0 atom stereocenters. The summed E-state index contributed by atoms with van der Waals surface area (Å²) in [6.45, 7) is 0. The molecule has 0 saturated heterocycles. The molecule has 96 valence electrons. The Morgan fingerprint density at radius 3 is 2.47 bits per heavy atom. The number of benzene rings is 1. The van der Waals surface area contributed by atoms with E-state index in [-0.39, 0.29) is 22.8 Å². The summed E-state index contributed by atoms with van der Waals surface area (Å²) >= 11 is 0. The maximum absolute atomic E-state index is 11.2. The number of aromatic carboxylic acids is 1. The molecule has 0 saturated carbocycles. The summed E-state index contributed by atoms with van der Waals surface area (Å²) in [5.41, 5.74) is 5.27. The average Bonchev–Trinajstić information content (AvgIpc) is 2.39. The van der Waals surface area contributed by atoms with Gasteiger partial charge < -0.3 is 15.6 Å². The standard InChI is InChI=1S/C13H10N2O4/c14-11(16)8-4-1-2-6-10(8)19-12-9(13(17)18)5-3-7-15-12/h1-7H,(H2,14,16)(H,17,18). The van der Waals surface area contributed by atoms with Crippen molar-refractivity contribution in [3.63, 3.8) is 0 Å². The molecule has 1 heterocycles. The van der Waals surface area contributed by atoms with E-state index in [0.717, 1.165) is 0 Å². The third kappa shape index (κ3) is 2.68. The molecule has 0 spiro atoms. The summed E-state index contributed by atoms with van der Waals surface area (Å²) in [5, 5.41) is 9.01. The van der Waals surface area contributed by atoms with E-state index in [2.05, 4.69) is 4.98 Å². The zero-order chi connectivity index (χ0) is 13.8. The van der Waals surface area contributed by atoms with Gasteiger partial charge in [-0.3, -0.25) is 4.79 Å². The fraction of sp³-hybridized carbons (Fsp3) is 0. The third-order valence-electron chi connectivity index (χ3n) is 2.36. The number of nitrogens with two attached hydrogens (primary N) is 1. The van der Waals surface area contributed by atoms with Gasteiger partial charge in [0.05, 0.1) is 5.56 Å². The van der Waals surface area contributed by atoms with E-state index in [0.29, 0.717) is 0 Å². The second-order valence-corrected chi connectivity index (χ2v) is 3.62. The highest BCUT2D eigenvalue weighted by molar-refractivity contribution is 5.96. The first-order chi connectivity index (χ1) is 9.09. The van der Waals surface area contributed by atoms with Crippen LogP contribution in [0.5, 0.6) is 11.6 Å². The fourth-order valence-corrected chi connectivity index (χ4v) is 1.50. The first-order valence-electron chi connectivity index (χ1n) is 5.34. The lowest BCUT2D eigenvalue weighted by atomic mass is 10.2. The van der Waals surface area contributed by atoms with Crippen molar-refractivity contribution in [3.05, 3.63) is 53.7 Å². The Kier molecular flexibility index (Phi) is 3.42. The summed E-state index contributed by atoms with van der Waals surface area (Å²) in [6.07, 6.45) is 1.40. The van der Waals surface area contributed by atoms with Crippen LogP contribution in [0.2, 0.25) is 0 Å². The molecule has 2 rings (SSSR count). The summed E-state index contributed by atoms with van der Waals surface area (Å²) in [4.78, 5) is 26.1. The minimum Gasteiger partial charge on any atom is -0.477 e. The van der Waals surface area contributed by atoms with Crippen molar-refractivity contribution in [2.45, 2.75) is 0 Å². The number of amides is 1. The Morgan fingerprint density at radius 2 is 1.79 bits per heavy atom. The van der Waals surface area contributed by atoms with Crippen molar-refractivity contribution in [2.75, 3.05) is 0 Å². The van der Waals surface area contributed by atoms with Gasteiger partial charge in [0.1, 0.15) is 11.3 Å². The maximum Gasteiger partial charge on any atom is 0.341 e. The van der Waals surface area contributed by atoms with Gasteiger partial charge in [0, 0.05) is 6.20 Å². The molecule has 2 aromatic rings. The zero-order valence-electron chi connectivity index (χ0n) is 9.74. The number of aromatic nitrogens is 1. The number of nitrogens with zero attached hydrogens (tertiary/aromatic N) is 1. The summed E-state index contributed by atoms with van der Waals surface area (Å²) in [5.74, 6) is -1.76. The molecule has 1 amide bonds. The number of hydrogen-bond acceptors (Lipinski definition) is 4. The molecule has 0 aliphatic heterocycles. The van der Waals surface area contributed by atoms with Crippen molar-refractivity contribution in [3.8, 4) is 11.6 Å². The molecule has 0 fully saturated rings. The molecule has 0 aliphatic rings. The summed E-state index contributed by atoms with van der Waals surface area (Å²) < 4.78 is 5.37. The number of rotatable bonds is 4. The Bertz CT molecular complexity index is 585. The molecule has 3 N–H and O–H groups in total. The first-order valence-corrected chi connectivity index (χ1v) is 5.34. The van der Waals surface area contributed by atoms with Crippen molar-refractivity contribution >= 4 is 11.9 Å². The summed E-state index contributed by atoms with van der Waals surface area (Å²) in [6, 6.07) is 9.12. The van der Waals surface area contributed by atoms with E-state index in [1.807, 2.05) is 0 Å². The highest BCUT2D eigenvalue weighted by Crippen LogP contribution is 2.25. The molecule has 0 unspecified atom stereocenters. The highest BCUT2D eigenvalue weighted by atomic mass is 16.5. The zero-order valence-corrected chi connectivity index (χ0v) is 9.74. The van der Waals surface area contributed by atoms with Gasteiger partial charge in [0.25, 0.3) is 5.91 Å². The molecule has 0 aliphatic carbocycles. The van der Waals surface area contributed by atoms with Gasteiger partial charge in [-0.05, 0) is 24.3 Å². The van der Waals surface area contributed by atoms with Crippen LogP contribution in [0, 0.1) is 0 Å². The fourth-order valence-electron chi connectivity index (χ4n) is 1.50. The number of ether oxygens (including phenoxy) is 1. The van der Waals surface area contributed by atoms with Gasteiger partial charge in [-0.15, -0.1) is 0 Å². The number of primary amides is 1. The van der Waals surface area contributed by atoms with Crippen LogP contribution in [0.15, 0.2) is 42.6 Å². The monoisotopic (exact) mass is 258 g/mol. The van der Waals surface area contributed by atoms with Crippen LogP contribution in [0.1, 0.15) is 20.7 Å². The lowest BCUT2D eigenvalue weighted by Gasteiger charge is -2.09. The van der Waals surface area contributed by atoms with Crippen molar-refractivity contribution < 1.29 is 19.4 Å². The van der Waals surface area contributed by atoms with Crippen molar-refractivity contribution in [1.82, 2.24) is 4.98 Å². The van der Waals surface area contributed by atoms with E-state index in [1.54, 1.807) is 12.1 Å². The molecule has 19 heavy (non-hydrogen) atoms. The van der Waals surface area contributed by atoms with Crippen LogP contribution in [0.3, 0.4) is 0 Å². The predicted octanol–water partition coefficient (Wildman–Crippen LogP) is 1.67. The molecule has 1 aromatic carbocycles. The number of pyridine rings is 1. The number of carbonyl (C=O) groups excluding carboxylic acids is 1. The van der Waals surface area contributed by atoms with E-state index >= 15 is 0 Å². The van der Waals surface area contributed by atoms with E-state index < -0.39 is 11.9 Å². The van der Waals surface area contributed by atoms with Gasteiger partial charge in [-0.2, -0.15) is 0 Å². The van der Waals surface area contributed by atoms with Gasteiger partial charge in [0.15, 0.2) is 0 Å². The summed E-state index contributed by atoms with van der Waals surface area (Å²) in [7, 11) is 0. The molecular weight excluding hydrogens is 248 g/mol. The molecule has 0 radical (unpaired) electrons. The van der Waals surface area contributed by atoms with Crippen LogP contribution in [0.4, 0.5) is 0 Å². The van der Waals surface area contributed by atoms with Crippen LogP contribution in [-0.2, 0) is 0 Å². The van der Waals surface area contributed by atoms with Gasteiger partial charge in [-0.1, -0.05) is 12.1 Å². The largest absolute Gasteiger partial charge is 0.477 e. The SMILES string of the molecule is NC(=O)c1ccccc1Oc1ncccc1C(=O)O. The molecule has 1 aromatic heterocycles. The Labute approximate surface area is 108 Å². The predicted molar refractivity (Wildman–Crippen MR) is 66.2 cm³/mol. The number of carboxylic acid groups (broad SMARTS) is 1. The van der Waals surface area contributed by atoms with Gasteiger partial charge in [-0.25, -0.2) is 9.78 Å². The Morgan fingerprint density at radius 1 is 1.11 bits per heavy atom. The number of hydrogen-bond donors (Lipinski definition) is 2. The minimum absolute atomic E-state index is 0.0938. The maximum atomic E-state index is 11.2. The lowest BCUT2D eigenvalue weighted by molar-refractivity contribution is 0.0693. The topological polar surface area (TPSA) is 103 Å². The second-order valence-electron chi connectivity index (χ2n) is 3.62. The van der Waals surface area contributed by atoms with Crippen LogP contribution >= 0.6 is 0 Å². The van der Waals surface area contributed by atoms with Crippen LogP contribution in [-0.4, -0.2) is 22.0 Å². The van der Waals surface area contributed by atoms with E-state index in [4.69, 9.17) is 15.6 Å². The van der Waals surface area contributed by atoms with Crippen molar-refractivity contribution in [1.29, 1.82) is 0 Å². The van der Waals surface area contributed by atoms with E-state index in [1.165, 1.54) is 30.5 Å². The van der Waals surface area contributed by atoms with Gasteiger partial charge in [0.2, 0.25) is 5.88 Å². The number of para-hydroxylation sites is 1. The smallest absolute Gasteiger partial charge is 0.341 e. The molecule has 6 nitrogen and oxygen atoms in total. The Balaban J connectivity index is 2.42. The van der Waals surface area contributed by atoms with Gasteiger partial charge >= 0.3 is 5.97 Å². The molecule has 6 heteroatoms. The van der Waals surface area contributed by atoms with Crippen LogP contribution in [0.25, 0.3) is 0 Å². The second kappa shape index (κ2) is 5.18. The number of carbonyl (C=O) groups is 2. The molecular formula is C13H10N2O4.